The maximum absolute atomic E-state index is 12.3. The molecule has 2 fully saturated rings. The van der Waals surface area contributed by atoms with Gasteiger partial charge in [-0.25, -0.2) is 9.69 Å². The standard InChI is InChI=1S/C14H24N2O5/c1-5-9-7-20-13(19)16(9)12(18)11(17)6-10-8-21-14(2,3)15(10)4/h9-11,17H,5-8H2,1-4H3/t9-,10-,11-/m0/s1. The first-order valence-electron chi connectivity index (χ1n) is 7.32. The van der Waals surface area contributed by atoms with E-state index in [0.717, 1.165) is 4.90 Å². The highest BCUT2D eigenvalue weighted by Gasteiger charge is 2.43. The lowest BCUT2D eigenvalue weighted by molar-refractivity contribution is -0.139. The van der Waals surface area contributed by atoms with E-state index in [1.807, 2.05) is 32.7 Å². The van der Waals surface area contributed by atoms with Crippen molar-refractivity contribution >= 4 is 12.0 Å². The summed E-state index contributed by atoms with van der Waals surface area (Å²) in [6, 6.07) is -0.341. The Labute approximate surface area is 124 Å². The van der Waals surface area contributed by atoms with Crippen LogP contribution in [0.3, 0.4) is 0 Å². The Morgan fingerprint density at radius 2 is 2.10 bits per heavy atom. The van der Waals surface area contributed by atoms with Crippen molar-refractivity contribution < 1.29 is 24.2 Å². The summed E-state index contributed by atoms with van der Waals surface area (Å²) in [6.45, 7) is 6.40. The number of aliphatic hydroxyl groups is 1. The largest absolute Gasteiger partial charge is 0.447 e. The quantitative estimate of drug-likeness (QED) is 0.817. The molecule has 120 valence electrons. The van der Waals surface area contributed by atoms with E-state index in [2.05, 4.69) is 0 Å². The van der Waals surface area contributed by atoms with Crippen LogP contribution in [0.25, 0.3) is 0 Å². The van der Waals surface area contributed by atoms with Gasteiger partial charge in [0.2, 0.25) is 0 Å². The van der Waals surface area contributed by atoms with Crippen LogP contribution in [0.4, 0.5) is 4.79 Å². The smallest absolute Gasteiger partial charge is 0.417 e. The number of carbonyl (C=O) groups is 2. The Morgan fingerprint density at radius 3 is 2.62 bits per heavy atom. The molecule has 0 radical (unpaired) electrons. The number of ether oxygens (including phenoxy) is 2. The first kappa shape index (κ1) is 16.2. The number of likely N-dealkylation sites (N-methyl/N-ethyl adjacent to an activating group) is 1. The first-order valence-corrected chi connectivity index (χ1v) is 7.32. The molecule has 0 aromatic rings. The van der Waals surface area contributed by atoms with Crippen molar-refractivity contribution in [3.05, 3.63) is 0 Å². The summed E-state index contributed by atoms with van der Waals surface area (Å²) in [4.78, 5) is 27.0. The minimum absolute atomic E-state index is 0.0577. The van der Waals surface area contributed by atoms with Crippen LogP contribution in [0.1, 0.15) is 33.6 Å². The fourth-order valence-corrected chi connectivity index (χ4v) is 2.73. The first-order chi connectivity index (χ1) is 9.77. The minimum Gasteiger partial charge on any atom is -0.447 e. The van der Waals surface area contributed by atoms with Crippen LogP contribution in [0, 0.1) is 0 Å². The summed E-state index contributed by atoms with van der Waals surface area (Å²) in [6.07, 6.45) is -1.04. The van der Waals surface area contributed by atoms with Gasteiger partial charge in [-0.2, -0.15) is 0 Å². The molecule has 3 atom stereocenters. The van der Waals surface area contributed by atoms with E-state index in [1.165, 1.54) is 0 Å². The van der Waals surface area contributed by atoms with Crippen molar-refractivity contribution in [2.24, 2.45) is 0 Å². The number of hydrogen-bond acceptors (Lipinski definition) is 6. The van der Waals surface area contributed by atoms with Gasteiger partial charge in [0.25, 0.3) is 5.91 Å². The van der Waals surface area contributed by atoms with Crippen LogP contribution >= 0.6 is 0 Å². The lowest BCUT2D eigenvalue weighted by Crippen LogP contribution is -2.48. The van der Waals surface area contributed by atoms with Crippen molar-refractivity contribution in [3.63, 3.8) is 0 Å². The topological polar surface area (TPSA) is 79.3 Å². The molecule has 0 unspecified atom stereocenters. The molecule has 2 aliphatic heterocycles. The van der Waals surface area contributed by atoms with Gasteiger partial charge in [-0.3, -0.25) is 9.69 Å². The molecule has 0 spiro atoms. The summed E-state index contributed by atoms with van der Waals surface area (Å²) >= 11 is 0. The maximum atomic E-state index is 12.3. The zero-order chi connectivity index (χ0) is 15.8. The monoisotopic (exact) mass is 300 g/mol. The zero-order valence-corrected chi connectivity index (χ0v) is 13.0. The van der Waals surface area contributed by atoms with Gasteiger partial charge in [-0.15, -0.1) is 0 Å². The van der Waals surface area contributed by atoms with E-state index in [4.69, 9.17) is 9.47 Å². The van der Waals surface area contributed by atoms with Crippen molar-refractivity contribution in [1.29, 1.82) is 0 Å². The number of carbonyl (C=O) groups excluding carboxylic acids is 2. The lowest BCUT2D eigenvalue weighted by Gasteiger charge is -2.30. The number of cyclic esters (lactones) is 1. The number of hydrogen-bond donors (Lipinski definition) is 1. The van der Waals surface area contributed by atoms with Crippen LogP contribution in [0.2, 0.25) is 0 Å². The summed E-state index contributed by atoms with van der Waals surface area (Å²) in [7, 11) is 1.90. The molecule has 0 saturated carbocycles. The molecule has 2 rings (SSSR count). The average Bonchev–Trinajstić information content (AvgIpc) is 2.92. The van der Waals surface area contributed by atoms with Gasteiger partial charge in [0.15, 0.2) is 0 Å². The van der Waals surface area contributed by atoms with Gasteiger partial charge >= 0.3 is 6.09 Å². The van der Waals surface area contributed by atoms with Crippen LogP contribution in [-0.4, -0.2) is 71.1 Å². The fraction of sp³-hybridized carbons (Fsp3) is 0.857. The van der Waals surface area contributed by atoms with E-state index < -0.39 is 23.8 Å². The van der Waals surface area contributed by atoms with E-state index in [9.17, 15) is 14.7 Å². The van der Waals surface area contributed by atoms with E-state index in [0.29, 0.717) is 13.0 Å². The number of imide groups is 1. The predicted octanol–water partition coefficient (Wildman–Crippen LogP) is 0.561. The van der Waals surface area contributed by atoms with E-state index in [-0.39, 0.29) is 25.1 Å². The number of aliphatic hydroxyl groups excluding tert-OH is 1. The van der Waals surface area contributed by atoms with Crippen LogP contribution < -0.4 is 0 Å². The van der Waals surface area contributed by atoms with Gasteiger partial charge < -0.3 is 14.6 Å². The van der Waals surface area contributed by atoms with Gasteiger partial charge in [0.1, 0.15) is 18.4 Å². The second kappa shape index (κ2) is 5.90. The molecule has 7 heteroatoms. The summed E-state index contributed by atoms with van der Waals surface area (Å²) in [5, 5.41) is 10.2. The molecule has 0 aromatic heterocycles. The third kappa shape index (κ3) is 3.04. The molecule has 0 aliphatic carbocycles. The van der Waals surface area contributed by atoms with Crippen LogP contribution in [0.15, 0.2) is 0 Å². The highest BCUT2D eigenvalue weighted by molar-refractivity contribution is 5.95. The molecule has 7 nitrogen and oxygen atoms in total. The number of amides is 2. The van der Waals surface area contributed by atoms with Crippen molar-refractivity contribution in [3.8, 4) is 0 Å². The molecule has 21 heavy (non-hydrogen) atoms. The summed E-state index contributed by atoms with van der Waals surface area (Å²) < 4.78 is 10.5. The molecule has 0 bridgehead atoms. The van der Waals surface area contributed by atoms with Crippen molar-refractivity contribution in [2.75, 3.05) is 20.3 Å². The lowest BCUT2D eigenvalue weighted by atomic mass is 10.1. The third-order valence-electron chi connectivity index (χ3n) is 4.48. The van der Waals surface area contributed by atoms with Gasteiger partial charge in [-0.05, 0) is 27.3 Å². The Bertz CT molecular complexity index is 426. The molecule has 2 saturated heterocycles. The normalized spacial score (nSPS) is 30.5. The molecule has 2 amide bonds. The van der Waals surface area contributed by atoms with E-state index in [1.54, 1.807) is 0 Å². The van der Waals surface area contributed by atoms with Crippen LogP contribution in [0.5, 0.6) is 0 Å². The van der Waals surface area contributed by atoms with Gasteiger partial charge in [-0.1, -0.05) is 6.92 Å². The molecule has 2 heterocycles. The molecule has 2 aliphatic rings. The second-order valence-corrected chi connectivity index (χ2v) is 6.12. The Balaban J connectivity index is 1.99. The highest BCUT2D eigenvalue weighted by atomic mass is 16.6. The van der Waals surface area contributed by atoms with Crippen LogP contribution in [-0.2, 0) is 14.3 Å². The molecular formula is C14H24N2O5. The fourth-order valence-electron chi connectivity index (χ4n) is 2.73. The van der Waals surface area contributed by atoms with Crippen molar-refractivity contribution in [2.45, 2.75) is 57.5 Å². The Hall–Kier alpha value is -1.18. The number of nitrogens with zero attached hydrogens (tertiary/aromatic N) is 2. The molecular weight excluding hydrogens is 276 g/mol. The Kier molecular flexibility index (Phi) is 4.55. The minimum atomic E-state index is -1.23. The second-order valence-electron chi connectivity index (χ2n) is 6.12. The van der Waals surface area contributed by atoms with Gasteiger partial charge in [0.05, 0.1) is 12.6 Å². The third-order valence-corrected chi connectivity index (χ3v) is 4.48. The maximum Gasteiger partial charge on any atom is 0.417 e. The zero-order valence-electron chi connectivity index (χ0n) is 13.0. The Morgan fingerprint density at radius 1 is 1.43 bits per heavy atom. The average molecular weight is 300 g/mol. The van der Waals surface area contributed by atoms with Crippen molar-refractivity contribution in [1.82, 2.24) is 9.80 Å². The summed E-state index contributed by atoms with van der Waals surface area (Å²) in [5.41, 5.74) is -0.411. The van der Waals surface area contributed by atoms with E-state index >= 15 is 0 Å². The summed E-state index contributed by atoms with van der Waals surface area (Å²) in [5.74, 6) is -0.581. The SMILES string of the molecule is CC[C@H]1COC(=O)N1C(=O)[C@@H](O)C[C@H]1COC(C)(C)N1C. The predicted molar refractivity (Wildman–Crippen MR) is 74.5 cm³/mol. The molecule has 0 aromatic carbocycles. The number of rotatable bonds is 4. The highest BCUT2D eigenvalue weighted by Crippen LogP contribution is 2.28. The molecule has 1 N–H and O–H groups in total. The van der Waals surface area contributed by atoms with Gasteiger partial charge in [0, 0.05) is 12.5 Å².